The Hall–Kier alpha value is -0.820. The molecule has 2 aliphatic heterocycles. The van der Waals surface area contributed by atoms with E-state index in [1.54, 1.807) is 0 Å². The van der Waals surface area contributed by atoms with Gasteiger partial charge in [-0.3, -0.25) is 0 Å². The van der Waals surface area contributed by atoms with Crippen LogP contribution in [0.3, 0.4) is 0 Å². The first-order valence-electron chi connectivity index (χ1n) is 8.47. The van der Waals surface area contributed by atoms with Crippen LogP contribution in [-0.4, -0.2) is 46.4 Å². The fraction of sp³-hybridized carbons (Fsp3) is 0.556. The second kappa shape index (κ2) is 6.48. The zero-order valence-electron chi connectivity index (χ0n) is 14.0. The average molecular weight is 365 g/mol. The van der Waals surface area contributed by atoms with Gasteiger partial charge in [0, 0.05) is 53.2 Å². The molecule has 4 rings (SSSR count). The Morgan fingerprint density at radius 1 is 1.46 bits per heavy atom. The summed E-state index contributed by atoms with van der Waals surface area (Å²) in [5.74, 6) is 2.11. The van der Waals surface area contributed by atoms with E-state index in [4.69, 9.17) is 4.74 Å². The summed E-state index contributed by atoms with van der Waals surface area (Å²) >= 11 is 0. The van der Waals surface area contributed by atoms with Crippen molar-refractivity contribution in [2.45, 2.75) is 37.7 Å². The van der Waals surface area contributed by atoms with Crippen molar-refractivity contribution in [1.82, 2.24) is 10.3 Å². The molecule has 0 aliphatic carbocycles. The smallest absolute Gasteiger partial charge is 0.130 e. The molecule has 3 atom stereocenters. The van der Waals surface area contributed by atoms with Gasteiger partial charge in [-0.2, -0.15) is 0 Å². The topological polar surface area (TPSA) is 57.3 Å². The van der Waals surface area contributed by atoms with Gasteiger partial charge in [0.25, 0.3) is 0 Å². The number of fused-ring (bicyclic) bond motifs is 2. The maximum absolute atomic E-state index is 10.5. The Morgan fingerprint density at radius 3 is 3.12 bits per heavy atom. The Kier molecular flexibility index (Phi) is 4.49. The van der Waals surface area contributed by atoms with Gasteiger partial charge in [0.2, 0.25) is 0 Å². The fourth-order valence-electron chi connectivity index (χ4n) is 3.33. The molecule has 3 unspecified atom stereocenters. The molecule has 3 N–H and O–H groups in total. The molecule has 24 heavy (non-hydrogen) atoms. The lowest BCUT2D eigenvalue weighted by molar-refractivity contribution is 0.0499. The molecule has 0 bridgehead atoms. The molecule has 2 aliphatic rings. The van der Waals surface area contributed by atoms with E-state index >= 15 is 0 Å². The molecule has 0 radical (unpaired) electrons. The van der Waals surface area contributed by atoms with Crippen molar-refractivity contribution in [2.24, 2.45) is 5.41 Å². The molecule has 0 amide bonds. The predicted molar refractivity (Wildman–Crippen MR) is 103 cm³/mol. The lowest BCUT2D eigenvalue weighted by Gasteiger charge is -2.26. The van der Waals surface area contributed by atoms with E-state index < -0.39 is 6.10 Å². The van der Waals surface area contributed by atoms with Crippen molar-refractivity contribution >= 4 is 32.5 Å². The van der Waals surface area contributed by atoms with Gasteiger partial charge in [-0.15, -0.1) is 0 Å². The minimum atomic E-state index is -0.488. The number of hydrogen-bond donors (Lipinski definition) is 3. The molecule has 0 saturated carbocycles. The summed E-state index contributed by atoms with van der Waals surface area (Å²) in [4.78, 5) is 3.23. The van der Waals surface area contributed by atoms with Crippen molar-refractivity contribution in [3.8, 4) is 5.75 Å². The quantitative estimate of drug-likeness (QED) is 0.711. The zero-order chi connectivity index (χ0) is 16.7. The lowest BCUT2D eigenvalue weighted by atomic mass is 9.91. The van der Waals surface area contributed by atoms with E-state index in [2.05, 4.69) is 36.3 Å². The third kappa shape index (κ3) is 3.17. The van der Waals surface area contributed by atoms with E-state index in [1.165, 1.54) is 11.3 Å². The normalized spacial score (nSPS) is 26.5. The van der Waals surface area contributed by atoms with Crippen LogP contribution in [0.25, 0.3) is 10.9 Å². The van der Waals surface area contributed by atoms with Gasteiger partial charge >= 0.3 is 0 Å². The van der Waals surface area contributed by atoms with Gasteiger partial charge in [-0.25, -0.2) is 0 Å². The molecule has 1 aromatic heterocycles. The van der Waals surface area contributed by atoms with Gasteiger partial charge in [0.15, 0.2) is 0 Å². The predicted octanol–water partition coefficient (Wildman–Crippen LogP) is 3.21. The van der Waals surface area contributed by atoms with Crippen LogP contribution in [0.15, 0.2) is 24.4 Å². The summed E-state index contributed by atoms with van der Waals surface area (Å²) in [6, 6.07) is 6.25. The minimum absolute atomic E-state index is 0.155. The molecule has 130 valence electrons. The Labute approximate surface area is 150 Å². The van der Waals surface area contributed by atoms with Gasteiger partial charge in [0.1, 0.15) is 18.0 Å². The first-order valence-corrected chi connectivity index (χ1v) is 10.8. The number of H-pyrrole nitrogens is 1. The monoisotopic (exact) mass is 364 g/mol. The number of benzene rings is 1. The zero-order valence-corrected chi connectivity index (χ0v) is 15.7. The number of aromatic amines is 1. The number of aliphatic hydroxyl groups is 1. The first-order chi connectivity index (χ1) is 11.5. The SMILES string of the molecule is CC1(C)CSSC1CNCC(O)C1Cc2cc3[nH]ccc3cc2O1. The highest BCUT2D eigenvalue weighted by atomic mass is 33.1. The van der Waals surface area contributed by atoms with E-state index in [1.807, 2.05) is 33.9 Å². The third-order valence-corrected chi connectivity index (χ3v) is 8.53. The average Bonchev–Trinajstić information content (AvgIpc) is 3.22. The van der Waals surface area contributed by atoms with Gasteiger partial charge in [-0.05, 0) is 23.6 Å². The summed E-state index contributed by atoms with van der Waals surface area (Å²) in [6.45, 7) is 6.15. The van der Waals surface area contributed by atoms with Crippen LogP contribution >= 0.6 is 21.6 Å². The third-order valence-electron chi connectivity index (χ3n) is 5.03. The van der Waals surface area contributed by atoms with Crippen LogP contribution in [0, 0.1) is 5.41 Å². The Bertz CT molecular complexity index is 691. The number of aliphatic hydroxyl groups excluding tert-OH is 1. The Balaban J connectivity index is 1.32. The molecule has 4 nitrogen and oxygen atoms in total. The summed E-state index contributed by atoms with van der Waals surface area (Å²) in [5.41, 5.74) is 2.66. The number of rotatable bonds is 5. The van der Waals surface area contributed by atoms with Crippen LogP contribution < -0.4 is 10.1 Å². The second-order valence-corrected chi connectivity index (χ2v) is 10.0. The van der Waals surface area contributed by atoms with Crippen molar-refractivity contribution < 1.29 is 9.84 Å². The van der Waals surface area contributed by atoms with Gasteiger partial charge in [0.05, 0.1) is 0 Å². The summed E-state index contributed by atoms with van der Waals surface area (Å²) in [6.07, 6.45) is 2.07. The molecule has 2 aromatic rings. The minimum Gasteiger partial charge on any atom is -0.487 e. The number of nitrogens with one attached hydrogen (secondary N) is 2. The van der Waals surface area contributed by atoms with Crippen LogP contribution in [0.4, 0.5) is 0 Å². The highest BCUT2D eigenvalue weighted by Crippen LogP contribution is 2.48. The van der Waals surface area contributed by atoms with Crippen LogP contribution in [0.5, 0.6) is 5.75 Å². The molecular weight excluding hydrogens is 340 g/mol. The molecule has 1 saturated heterocycles. The van der Waals surface area contributed by atoms with E-state index in [0.717, 1.165) is 29.6 Å². The largest absolute Gasteiger partial charge is 0.487 e. The van der Waals surface area contributed by atoms with Crippen LogP contribution in [0.2, 0.25) is 0 Å². The molecule has 0 spiro atoms. The molecule has 1 aromatic carbocycles. The maximum Gasteiger partial charge on any atom is 0.130 e. The molecule has 6 heteroatoms. The van der Waals surface area contributed by atoms with Crippen molar-refractivity contribution in [3.63, 3.8) is 0 Å². The van der Waals surface area contributed by atoms with Gasteiger partial charge < -0.3 is 20.1 Å². The summed E-state index contributed by atoms with van der Waals surface area (Å²) in [7, 11) is 3.92. The van der Waals surface area contributed by atoms with E-state index in [0.29, 0.717) is 17.2 Å². The van der Waals surface area contributed by atoms with E-state index in [-0.39, 0.29) is 6.10 Å². The standard InChI is InChI=1S/C18H24N2O2S2/c1-18(2)10-23-24-17(18)9-19-8-14(21)16-7-12-5-13-11(3-4-20-13)6-15(12)22-16/h3-6,14,16-17,19-21H,7-10H2,1-2H3. The highest BCUT2D eigenvalue weighted by molar-refractivity contribution is 8.77. The summed E-state index contributed by atoms with van der Waals surface area (Å²) < 4.78 is 6.00. The second-order valence-electron chi connectivity index (χ2n) is 7.45. The summed E-state index contributed by atoms with van der Waals surface area (Å²) in [5, 5.41) is 15.7. The van der Waals surface area contributed by atoms with Gasteiger partial charge in [-0.1, -0.05) is 35.4 Å². The lowest BCUT2D eigenvalue weighted by Crippen LogP contribution is -2.42. The van der Waals surface area contributed by atoms with Crippen molar-refractivity contribution in [2.75, 3.05) is 18.8 Å². The molecule has 3 heterocycles. The van der Waals surface area contributed by atoms with Crippen LogP contribution in [0.1, 0.15) is 19.4 Å². The first kappa shape index (κ1) is 16.6. The fourth-order valence-corrected chi connectivity index (χ4v) is 7.29. The number of aromatic nitrogens is 1. The highest BCUT2D eigenvalue weighted by Gasteiger charge is 2.36. The van der Waals surface area contributed by atoms with Crippen LogP contribution in [-0.2, 0) is 6.42 Å². The van der Waals surface area contributed by atoms with Crippen molar-refractivity contribution in [3.05, 3.63) is 30.0 Å². The molecular formula is C18H24N2O2S2. The van der Waals surface area contributed by atoms with Crippen molar-refractivity contribution in [1.29, 1.82) is 0 Å². The number of ether oxygens (including phenoxy) is 1. The van der Waals surface area contributed by atoms with E-state index in [9.17, 15) is 5.11 Å². The Morgan fingerprint density at radius 2 is 2.33 bits per heavy atom. The number of hydrogen-bond acceptors (Lipinski definition) is 5. The maximum atomic E-state index is 10.5. The molecule has 1 fully saturated rings.